The van der Waals surface area contributed by atoms with Crippen molar-refractivity contribution in [2.45, 2.75) is 12.3 Å². The van der Waals surface area contributed by atoms with E-state index in [9.17, 15) is 4.79 Å². The Kier molecular flexibility index (Phi) is 4.86. The molecule has 3 rings (SSSR count). The lowest BCUT2D eigenvalue weighted by molar-refractivity contribution is -0.124. The van der Waals surface area contributed by atoms with Gasteiger partial charge in [-0.25, -0.2) is 0 Å². The lowest BCUT2D eigenvalue weighted by Crippen LogP contribution is -2.35. The van der Waals surface area contributed by atoms with Gasteiger partial charge in [0.1, 0.15) is 0 Å². The minimum atomic E-state index is 0.118. The molecule has 1 heterocycles. The van der Waals surface area contributed by atoms with E-state index in [2.05, 4.69) is 34.9 Å². The van der Waals surface area contributed by atoms with Crippen LogP contribution < -0.4 is 10.6 Å². The van der Waals surface area contributed by atoms with Gasteiger partial charge in [-0.3, -0.25) is 4.79 Å². The molecule has 0 radical (unpaired) electrons. The number of hydrogen-bond acceptors (Lipinski definition) is 2. The molecule has 1 aliphatic rings. The summed E-state index contributed by atoms with van der Waals surface area (Å²) in [7, 11) is 0. The minimum absolute atomic E-state index is 0.118. The molecule has 1 saturated heterocycles. The number of hydrogen-bond donors (Lipinski definition) is 2. The monoisotopic (exact) mass is 294 g/mol. The summed E-state index contributed by atoms with van der Waals surface area (Å²) in [6.45, 7) is 2.38. The molecule has 2 aromatic rings. The summed E-state index contributed by atoms with van der Waals surface area (Å²) in [4.78, 5) is 12.3. The molecule has 1 amide bonds. The van der Waals surface area contributed by atoms with Crippen molar-refractivity contribution in [3.8, 4) is 0 Å². The fourth-order valence-electron chi connectivity index (χ4n) is 3.02. The molecule has 114 valence electrons. The van der Waals surface area contributed by atoms with E-state index < -0.39 is 0 Å². The van der Waals surface area contributed by atoms with Gasteiger partial charge >= 0.3 is 0 Å². The van der Waals surface area contributed by atoms with Crippen molar-refractivity contribution < 1.29 is 4.79 Å². The van der Waals surface area contributed by atoms with Gasteiger partial charge in [0.05, 0.1) is 5.92 Å². The SMILES string of the molecule is O=C(NCC(c1ccccc1)c1ccccc1)C1CCNC1. The highest BCUT2D eigenvalue weighted by Gasteiger charge is 2.23. The first-order valence-electron chi connectivity index (χ1n) is 7.93. The third kappa shape index (κ3) is 3.55. The molecule has 0 bridgehead atoms. The average molecular weight is 294 g/mol. The Labute approximate surface area is 131 Å². The summed E-state index contributed by atoms with van der Waals surface area (Å²) in [5.41, 5.74) is 2.47. The lowest BCUT2D eigenvalue weighted by Gasteiger charge is -2.20. The van der Waals surface area contributed by atoms with Crippen molar-refractivity contribution in [2.24, 2.45) is 5.92 Å². The Morgan fingerprint density at radius 1 is 1.05 bits per heavy atom. The van der Waals surface area contributed by atoms with Gasteiger partial charge in [-0.2, -0.15) is 0 Å². The zero-order valence-electron chi connectivity index (χ0n) is 12.7. The number of nitrogens with one attached hydrogen (secondary N) is 2. The quantitative estimate of drug-likeness (QED) is 0.890. The Balaban J connectivity index is 1.73. The van der Waals surface area contributed by atoms with E-state index in [4.69, 9.17) is 0 Å². The van der Waals surface area contributed by atoms with Crippen molar-refractivity contribution in [1.82, 2.24) is 10.6 Å². The van der Waals surface area contributed by atoms with Gasteiger partial charge in [0, 0.05) is 19.0 Å². The molecule has 2 N–H and O–H groups in total. The second kappa shape index (κ2) is 7.23. The molecule has 1 aliphatic heterocycles. The summed E-state index contributed by atoms with van der Waals surface area (Å²) < 4.78 is 0. The van der Waals surface area contributed by atoms with E-state index in [0.29, 0.717) is 6.54 Å². The number of amides is 1. The highest BCUT2D eigenvalue weighted by Crippen LogP contribution is 2.23. The van der Waals surface area contributed by atoms with E-state index in [1.807, 2.05) is 36.4 Å². The van der Waals surface area contributed by atoms with Crippen LogP contribution in [-0.2, 0) is 4.79 Å². The first kappa shape index (κ1) is 14.8. The molecule has 0 aliphatic carbocycles. The summed E-state index contributed by atoms with van der Waals surface area (Å²) in [6.07, 6.45) is 0.938. The van der Waals surface area contributed by atoms with E-state index in [1.54, 1.807) is 0 Å². The van der Waals surface area contributed by atoms with Crippen LogP contribution in [0.15, 0.2) is 60.7 Å². The first-order chi connectivity index (χ1) is 10.8. The van der Waals surface area contributed by atoms with Crippen molar-refractivity contribution in [3.63, 3.8) is 0 Å². The first-order valence-corrected chi connectivity index (χ1v) is 7.93. The summed E-state index contributed by atoms with van der Waals surface area (Å²) in [5.74, 6) is 0.481. The molecule has 0 spiro atoms. The topological polar surface area (TPSA) is 41.1 Å². The Hall–Kier alpha value is -2.13. The van der Waals surface area contributed by atoms with Crippen LogP contribution in [0.25, 0.3) is 0 Å². The molecule has 3 nitrogen and oxygen atoms in total. The summed E-state index contributed by atoms with van der Waals surface area (Å²) in [5, 5.41) is 6.39. The van der Waals surface area contributed by atoms with Crippen LogP contribution in [0.4, 0.5) is 0 Å². The van der Waals surface area contributed by atoms with Gasteiger partial charge in [-0.1, -0.05) is 60.7 Å². The Bertz CT molecular complexity index is 552. The maximum Gasteiger partial charge on any atom is 0.224 e. The molecule has 1 atom stereocenters. The summed E-state index contributed by atoms with van der Waals surface area (Å²) >= 11 is 0. The van der Waals surface area contributed by atoms with Gasteiger partial charge in [-0.15, -0.1) is 0 Å². The average Bonchev–Trinajstić information content (AvgIpc) is 3.11. The van der Waals surface area contributed by atoms with Crippen LogP contribution in [0.3, 0.4) is 0 Å². The number of carbonyl (C=O) groups excluding carboxylic acids is 1. The maximum absolute atomic E-state index is 12.3. The molecule has 0 aromatic heterocycles. The number of carbonyl (C=O) groups is 1. The van der Waals surface area contributed by atoms with Crippen molar-refractivity contribution >= 4 is 5.91 Å². The van der Waals surface area contributed by atoms with Gasteiger partial charge in [-0.05, 0) is 24.1 Å². The van der Waals surface area contributed by atoms with Gasteiger partial charge in [0.15, 0.2) is 0 Å². The highest BCUT2D eigenvalue weighted by atomic mass is 16.1. The van der Waals surface area contributed by atoms with E-state index in [0.717, 1.165) is 19.5 Å². The van der Waals surface area contributed by atoms with Gasteiger partial charge in [0.25, 0.3) is 0 Å². The highest BCUT2D eigenvalue weighted by molar-refractivity contribution is 5.79. The van der Waals surface area contributed by atoms with Crippen LogP contribution in [-0.4, -0.2) is 25.5 Å². The van der Waals surface area contributed by atoms with Crippen LogP contribution in [0, 0.1) is 5.92 Å². The van der Waals surface area contributed by atoms with Crippen molar-refractivity contribution in [2.75, 3.05) is 19.6 Å². The zero-order chi connectivity index (χ0) is 15.2. The smallest absolute Gasteiger partial charge is 0.224 e. The third-order valence-electron chi connectivity index (χ3n) is 4.32. The fraction of sp³-hybridized carbons (Fsp3) is 0.316. The molecule has 1 unspecified atom stereocenters. The van der Waals surface area contributed by atoms with Crippen molar-refractivity contribution in [1.29, 1.82) is 0 Å². The standard InChI is InChI=1S/C19H22N2O/c22-19(17-11-12-20-13-17)21-14-18(15-7-3-1-4-8-15)16-9-5-2-6-10-16/h1-10,17-18,20H,11-14H2,(H,21,22). The number of benzene rings is 2. The predicted octanol–water partition coefficient (Wildman–Crippen LogP) is 2.54. The minimum Gasteiger partial charge on any atom is -0.355 e. The van der Waals surface area contributed by atoms with Gasteiger partial charge in [0.2, 0.25) is 5.91 Å². The predicted molar refractivity (Wildman–Crippen MR) is 88.7 cm³/mol. The lowest BCUT2D eigenvalue weighted by atomic mass is 9.91. The Morgan fingerprint density at radius 3 is 2.14 bits per heavy atom. The second-order valence-electron chi connectivity index (χ2n) is 5.81. The van der Waals surface area contributed by atoms with Crippen molar-refractivity contribution in [3.05, 3.63) is 71.8 Å². The van der Waals surface area contributed by atoms with Crippen LogP contribution in [0.2, 0.25) is 0 Å². The number of rotatable bonds is 5. The summed E-state index contributed by atoms with van der Waals surface area (Å²) in [6, 6.07) is 20.7. The molecule has 3 heteroatoms. The zero-order valence-corrected chi connectivity index (χ0v) is 12.7. The molecule has 22 heavy (non-hydrogen) atoms. The second-order valence-corrected chi connectivity index (χ2v) is 5.81. The fourth-order valence-corrected chi connectivity index (χ4v) is 3.02. The van der Waals surface area contributed by atoms with Crippen LogP contribution in [0.1, 0.15) is 23.5 Å². The van der Waals surface area contributed by atoms with E-state index in [1.165, 1.54) is 11.1 Å². The molecule has 0 saturated carbocycles. The molecular weight excluding hydrogens is 272 g/mol. The normalized spacial score (nSPS) is 17.6. The molecule has 1 fully saturated rings. The third-order valence-corrected chi connectivity index (χ3v) is 4.32. The molecular formula is C19H22N2O. The maximum atomic E-state index is 12.3. The largest absolute Gasteiger partial charge is 0.355 e. The van der Waals surface area contributed by atoms with E-state index >= 15 is 0 Å². The van der Waals surface area contributed by atoms with Crippen LogP contribution >= 0.6 is 0 Å². The molecule has 2 aromatic carbocycles. The van der Waals surface area contributed by atoms with Gasteiger partial charge < -0.3 is 10.6 Å². The van der Waals surface area contributed by atoms with Crippen LogP contribution in [0.5, 0.6) is 0 Å². The Morgan fingerprint density at radius 2 is 1.64 bits per heavy atom. The van der Waals surface area contributed by atoms with E-state index in [-0.39, 0.29) is 17.7 Å².